The second-order valence-corrected chi connectivity index (χ2v) is 6.49. The van der Waals surface area contributed by atoms with Crippen LogP contribution in [0.15, 0.2) is 70.5 Å². The molecular weight excluding hydrogens is 368 g/mol. The molecule has 0 aliphatic carbocycles. The van der Waals surface area contributed by atoms with E-state index in [2.05, 4.69) is 10.5 Å². The highest BCUT2D eigenvalue weighted by Crippen LogP contribution is 2.25. The van der Waals surface area contributed by atoms with Crippen molar-refractivity contribution in [3.8, 4) is 0 Å². The summed E-state index contributed by atoms with van der Waals surface area (Å²) in [6.45, 7) is 0. The highest BCUT2D eigenvalue weighted by atomic mass is 32.1. The smallest absolute Gasteiger partial charge is 0.195 e. The van der Waals surface area contributed by atoms with E-state index in [0.29, 0.717) is 0 Å². The first-order chi connectivity index (χ1) is 13.1. The third-order valence-electron chi connectivity index (χ3n) is 3.97. The Morgan fingerprint density at radius 2 is 1.78 bits per heavy atom. The van der Waals surface area contributed by atoms with Crippen LogP contribution in [-0.2, 0) is 0 Å². The zero-order valence-electron chi connectivity index (χ0n) is 14.1. The predicted molar refractivity (Wildman–Crippen MR) is 103 cm³/mol. The number of nitrogens with one attached hydrogen (secondary N) is 3. The fourth-order valence-electron chi connectivity index (χ4n) is 2.61. The van der Waals surface area contributed by atoms with Crippen molar-refractivity contribution in [2.24, 2.45) is 5.10 Å². The van der Waals surface area contributed by atoms with E-state index in [0.717, 1.165) is 17.2 Å². The molecule has 2 aromatic carbocycles. The molecule has 3 aromatic rings. The van der Waals surface area contributed by atoms with Crippen molar-refractivity contribution in [1.29, 1.82) is 0 Å². The Bertz CT molecular complexity index is 886. The molecule has 9 heteroatoms. The molecule has 140 valence electrons. The highest BCUT2D eigenvalue weighted by Gasteiger charge is 2.15. The Hall–Kier alpha value is -2.63. The first kappa shape index (κ1) is 19.1. The van der Waals surface area contributed by atoms with Gasteiger partial charge in [-0.05, 0) is 34.0 Å². The number of hydrogen-bond donors (Lipinski definition) is 5. The molecule has 3 atom stereocenters. The van der Waals surface area contributed by atoms with Crippen LogP contribution in [0.25, 0.3) is 0 Å². The number of hydrazone groups is 1. The van der Waals surface area contributed by atoms with Crippen LogP contribution >= 0.6 is 11.3 Å². The van der Waals surface area contributed by atoms with E-state index in [-0.39, 0.29) is 23.0 Å². The van der Waals surface area contributed by atoms with Gasteiger partial charge < -0.3 is 10.4 Å². The normalized spacial score (nSPS) is 14.8. The molecule has 0 radical (unpaired) electrons. The zero-order chi connectivity index (χ0) is 19.2. The molecule has 0 fully saturated rings. The lowest BCUT2D eigenvalue weighted by Gasteiger charge is -2.18. The van der Waals surface area contributed by atoms with Gasteiger partial charge in [-0.3, -0.25) is 5.43 Å². The second kappa shape index (κ2) is 8.84. The summed E-state index contributed by atoms with van der Waals surface area (Å²) in [5.41, 5.74) is 4.83. The van der Waals surface area contributed by atoms with Crippen LogP contribution in [-0.4, -0.2) is 16.6 Å². The number of benzene rings is 2. The molecule has 8 nitrogen and oxygen atoms in total. The summed E-state index contributed by atoms with van der Waals surface area (Å²) >= 11 is 1.59. The van der Waals surface area contributed by atoms with E-state index in [1.807, 2.05) is 47.2 Å². The van der Waals surface area contributed by atoms with Crippen molar-refractivity contribution in [2.45, 2.75) is 5.92 Å². The maximum atomic E-state index is 11.4. The summed E-state index contributed by atoms with van der Waals surface area (Å²) in [5.74, 6) is -0.0866. The van der Waals surface area contributed by atoms with E-state index in [9.17, 15) is 15.6 Å². The topological polar surface area (TPSA) is 120 Å². The average molecular weight is 386 g/mol. The summed E-state index contributed by atoms with van der Waals surface area (Å²) < 4.78 is 0. The fourth-order valence-corrected chi connectivity index (χ4v) is 3.31. The van der Waals surface area contributed by atoms with Gasteiger partial charge in [0.2, 0.25) is 0 Å². The number of anilines is 1. The van der Waals surface area contributed by atoms with E-state index in [1.165, 1.54) is 12.1 Å². The minimum atomic E-state index is -1.23. The summed E-state index contributed by atoms with van der Waals surface area (Å²) in [4.78, 5) is 0. The van der Waals surface area contributed by atoms with E-state index in [1.54, 1.807) is 17.6 Å². The molecule has 3 rings (SSSR count). The van der Waals surface area contributed by atoms with Crippen molar-refractivity contribution in [3.05, 3.63) is 86.9 Å². The van der Waals surface area contributed by atoms with Crippen LogP contribution in [0.2, 0.25) is 0 Å². The Balaban J connectivity index is 1.84. The lowest BCUT2D eigenvalue weighted by atomic mass is 9.95. The van der Waals surface area contributed by atoms with E-state index < -0.39 is 10.5 Å². The van der Waals surface area contributed by atoms with Gasteiger partial charge in [-0.2, -0.15) is 26.9 Å². The van der Waals surface area contributed by atoms with Gasteiger partial charge in [0.25, 0.3) is 0 Å². The van der Waals surface area contributed by atoms with Crippen LogP contribution in [0.1, 0.15) is 17.0 Å². The Kier molecular flexibility index (Phi) is 6.27. The quantitative estimate of drug-likeness (QED) is 0.313. The number of thiophene rings is 1. The van der Waals surface area contributed by atoms with Crippen molar-refractivity contribution in [1.82, 2.24) is 0 Å². The molecule has 1 heterocycles. The summed E-state index contributed by atoms with van der Waals surface area (Å²) in [5, 5.41) is 46.6. The van der Waals surface area contributed by atoms with Gasteiger partial charge in [-0.1, -0.05) is 30.3 Å². The van der Waals surface area contributed by atoms with Crippen molar-refractivity contribution < 1.29 is 20.9 Å². The molecule has 0 aliphatic heterocycles. The van der Waals surface area contributed by atoms with E-state index >= 15 is 0 Å². The lowest BCUT2D eigenvalue weighted by molar-refractivity contribution is -0.996. The van der Waals surface area contributed by atoms with Crippen molar-refractivity contribution in [2.75, 3.05) is 5.43 Å². The van der Waals surface area contributed by atoms with Crippen LogP contribution in [0.5, 0.6) is 0 Å². The van der Waals surface area contributed by atoms with Gasteiger partial charge in [0, 0.05) is 18.2 Å². The number of rotatable bonds is 7. The number of nitrogens with zero attached hydrogens (tertiary/aromatic N) is 1. The largest absolute Gasteiger partial charge is 0.595 e. The molecule has 0 saturated heterocycles. The van der Waals surface area contributed by atoms with Gasteiger partial charge in [0.05, 0.1) is 6.07 Å². The molecule has 5 N–H and O–H groups in total. The van der Waals surface area contributed by atoms with Gasteiger partial charge >= 0.3 is 0 Å². The SMILES string of the molecule is [O-][NH+](O)c1ccc(N/N=C/C(c2ccccc2)c2ccsc2)c([NH+]([O-])O)c1. The van der Waals surface area contributed by atoms with Crippen molar-refractivity contribution >= 4 is 34.6 Å². The third kappa shape index (κ3) is 4.76. The standard InChI is InChI=1S/C18H18N4O4S/c23-21(24)15-6-7-17(18(10-15)22(25)26)20-19-11-16(14-8-9-27-12-14)13-4-2-1-3-5-13/h1-12,16,20-23,25H/b19-11+. The number of quaternary nitrogens is 2. The minimum Gasteiger partial charge on any atom is -0.595 e. The maximum absolute atomic E-state index is 11.4. The third-order valence-corrected chi connectivity index (χ3v) is 4.67. The van der Waals surface area contributed by atoms with Crippen LogP contribution in [0.3, 0.4) is 0 Å². The molecule has 27 heavy (non-hydrogen) atoms. The van der Waals surface area contributed by atoms with E-state index in [4.69, 9.17) is 5.21 Å². The summed E-state index contributed by atoms with van der Waals surface area (Å²) in [6.07, 6.45) is 1.70. The first-order valence-corrected chi connectivity index (χ1v) is 8.97. The Labute approximate surface area is 159 Å². The number of hydrogen-bond acceptors (Lipinski definition) is 7. The molecular formula is C18H18N4O4S. The van der Waals surface area contributed by atoms with Gasteiger partial charge in [0.15, 0.2) is 11.4 Å². The van der Waals surface area contributed by atoms with Gasteiger partial charge in [0.1, 0.15) is 5.69 Å². The van der Waals surface area contributed by atoms with Gasteiger partial charge in [-0.25, -0.2) is 10.4 Å². The average Bonchev–Trinajstić information content (AvgIpc) is 3.20. The maximum Gasteiger partial charge on any atom is 0.195 e. The molecule has 1 aromatic heterocycles. The molecule has 0 amide bonds. The highest BCUT2D eigenvalue weighted by molar-refractivity contribution is 7.08. The van der Waals surface area contributed by atoms with Crippen LogP contribution in [0, 0.1) is 10.4 Å². The molecule has 3 unspecified atom stereocenters. The fraction of sp³-hybridized carbons (Fsp3) is 0.0556. The molecule has 0 spiro atoms. The Morgan fingerprint density at radius 1 is 1.00 bits per heavy atom. The summed E-state index contributed by atoms with van der Waals surface area (Å²) in [6, 6.07) is 15.7. The lowest BCUT2D eigenvalue weighted by Crippen LogP contribution is -3.00. The minimum absolute atomic E-state index is 0.0866. The molecule has 0 saturated carbocycles. The Morgan fingerprint density at radius 3 is 2.41 bits per heavy atom. The van der Waals surface area contributed by atoms with Crippen molar-refractivity contribution in [3.63, 3.8) is 0 Å². The molecule has 0 bridgehead atoms. The molecule has 0 aliphatic rings. The first-order valence-electron chi connectivity index (χ1n) is 8.03. The van der Waals surface area contributed by atoms with Gasteiger partial charge in [-0.15, -0.1) is 0 Å². The van der Waals surface area contributed by atoms with Crippen LogP contribution in [0.4, 0.5) is 17.1 Å². The zero-order valence-corrected chi connectivity index (χ0v) is 14.9. The van der Waals surface area contributed by atoms with Crippen LogP contribution < -0.4 is 15.9 Å². The summed E-state index contributed by atoms with van der Waals surface area (Å²) in [7, 11) is 0. The second-order valence-electron chi connectivity index (χ2n) is 5.71. The predicted octanol–water partition coefficient (Wildman–Crippen LogP) is 1.78. The monoisotopic (exact) mass is 386 g/mol.